The molecule has 0 aliphatic carbocycles. The van der Waals surface area contributed by atoms with Crippen molar-refractivity contribution in [1.29, 1.82) is 0 Å². The fraction of sp³-hybridized carbons (Fsp3) is 0.200. The van der Waals surface area contributed by atoms with Crippen LogP contribution in [0.5, 0.6) is 5.75 Å². The van der Waals surface area contributed by atoms with E-state index in [4.69, 9.17) is 4.74 Å². The number of aromatic nitrogens is 1. The lowest BCUT2D eigenvalue weighted by Gasteiger charge is -2.17. The van der Waals surface area contributed by atoms with Crippen molar-refractivity contribution in [1.82, 2.24) is 9.88 Å². The van der Waals surface area contributed by atoms with E-state index in [0.717, 1.165) is 11.3 Å². The van der Waals surface area contributed by atoms with Gasteiger partial charge in [0.05, 0.1) is 7.11 Å². The molecule has 4 nitrogen and oxygen atoms in total. The summed E-state index contributed by atoms with van der Waals surface area (Å²) < 4.78 is 5.17. The van der Waals surface area contributed by atoms with E-state index in [1.807, 2.05) is 24.3 Å². The summed E-state index contributed by atoms with van der Waals surface area (Å²) in [6.07, 6.45) is 3.24. The van der Waals surface area contributed by atoms with Crippen LogP contribution in [-0.4, -0.2) is 29.9 Å². The fourth-order valence-corrected chi connectivity index (χ4v) is 1.83. The van der Waals surface area contributed by atoms with Gasteiger partial charge in [0.15, 0.2) is 0 Å². The van der Waals surface area contributed by atoms with Gasteiger partial charge in [-0.15, -0.1) is 0 Å². The maximum atomic E-state index is 12.2. The number of nitrogens with zero attached hydrogens (tertiary/aromatic N) is 2. The second-order valence-electron chi connectivity index (χ2n) is 4.25. The molecule has 1 amide bonds. The van der Waals surface area contributed by atoms with Gasteiger partial charge in [0.1, 0.15) is 5.75 Å². The van der Waals surface area contributed by atoms with Crippen LogP contribution in [0, 0.1) is 0 Å². The number of carbonyl (C=O) groups is 1. The molecule has 0 N–H and O–H groups in total. The van der Waals surface area contributed by atoms with Gasteiger partial charge in [-0.25, -0.2) is 0 Å². The van der Waals surface area contributed by atoms with Crippen molar-refractivity contribution in [2.75, 3.05) is 14.2 Å². The molecule has 0 fully saturated rings. The first-order valence-electron chi connectivity index (χ1n) is 5.99. The van der Waals surface area contributed by atoms with Crippen LogP contribution in [0.2, 0.25) is 0 Å². The topological polar surface area (TPSA) is 42.4 Å². The molecule has 0 saturated heterocycles. The van der Waals surface area contributed by atoms with E-state index in [0.29, 0.717) is 12.1 Å². The van der Waals surface area contributed by atoms with Crippen molar-refractivity contribution >= 4 is 5.91 Å². The Labute approximate surface area is 112 Å². The average molecular weight is 256 g/mol. The Kier molecular flexibility index (Phi) is 4.13. The Balaban J connectivity index is 2.08. The second kappa shape index (κ2) is 6.00. The molecule has 0 saturated carbocycles. The number of carbonyl (C=O) groups excluding carboxylic acids is 1. The molecule has 1 aromatic carbocycles. The summed E-state index contributed by atoms with van der Waals surface area (Å²) in [4.78, 5) is 17.7. The molecule has 2 aromatic rings. The van der Waals surface area contributed by atoms with Gasteiger partial charge in [-0.1, -0.05) is 12.1 Å². The van der Waals surface area contributed by atoms with Crippen LogP contribution in [0.1, 0.15) is 15.9 Å². The predicted octanol–water partition coefficient (Wildman–Crippen LogP) is 2.36. The van der Waals surface area contributed by atoms with Gasteiger partial charge in [-0.2, -0.15) is 0 Å². The highest BCUT2D eigenvalue weighted by Crippen LogP contribution is 2.14. The van der Waals surface area contributed by atoms with Gasteiger partial charge >= 0.3 is 0 Å². The lowest BCUT2D eigenvalue weighted by molar-refractivity contribution is 0.0785. The summed E-state index contributed by atoms with van der Waals surface area (Å²) in [7, 11) is 3.41. The first-order chi connectivity index (χ1) is 9.20. The van der Waals surface area contributed by atoms with Crippen LogP contribution in [-0.2, 0) is 6.54 Å². The summed E-state index contributed by atoms with van der Waals surface area (Å²) in [5.74, 6) is 0.771. The Hall–Kier alpha value is -2.36. The van der Waals surface area contributed by atoms with Crippen molar-refractivity contribution in [3.05, 3.63) is 59.9 Å². The van der Waals surface area contributed by atoms with Crippen LogP contribution in [0.25, 0.3) is 0 Å². The second-order valence-corrected chi connectivity index (χ2v) is 4.25. The van der Waals surface area contributed by atoms with Gasteiger partial charge in [-0.05, 0) is 29.8 Å². The number of ether oxygens (including phenoxy) is 1. The zero-order valence-electron chi connectivity index (χ0n) is 11.0. The third-order valence-corrected chi connectivity index (χ3v) is 2.83. The zero-order valence-corrected chi connectivity index (χ0v) is 11.0. The number of pyridine rings is 1. The fourth-order valence-electron chi connectivity index (χ4n) is 1.83. The van der Waals surface area contributed by atoms with Crippen LogP contribution in [0.15, 0.2) is 48.8 Å². The van der Waals surface area contributed by atoms with Gasteiger partial charge in [0.25, 0.3) is 5.91 Å². The third kappa shape index (κ3) is 3.31. The monoisotopic (exact) mass is 256 g/mol. The normalized spacial score (nSPS) is 10.0. The standard InChI is InChI=1S/C15H16N2O2/c1-17(15(18)13-6-8-16-9-7-13)11-12-4-3-5-14(10-12)19-2/h3-10H,11H2,1-2H3. The van der Waals surface area contributed by atoms with Gasteiger partial charge < -0.3 is 9.64 Å². The van der Waals surface area contributed by atoms with Crippen molar-refractivity contribution in [2.24, 2.45) is 0 Å². The molecule has 2 rings (SSSR count). The number of hydrogen-bond acceptors (Lipinski definition) is 3. The lowest BCUT2D eigenvalue weighted by atomic mass is 10.2. The largest absolute Gasteiger partial charge is 0.497 e. The average Bonchev–Trinajstić information content (AvgIpc) is 2.47. The van der Waals surface area contributed by atoms with E-state index >= 15 is 0 Å². The highest BCUT2D eigenvalue weighted by atomic mass is 16.5. The van der Waals surface area contributed by atoms with Crippen LogP contribution >= 0.6 is 0 Å². The lowest BCUT2D eigenvalue weighted by Crippen LogP contribution is -2.26. The van der Waals surface area contributed by atoms with E-state index in [9.17, 15) is 4.79 Å². The molecular weight excluding hydrogens is 240 g/mol. The Morgan fingerprint density at radius 3 is 2.68 bits per heavy atom. The minimum Gasteiger partial charge on any atom is -0.497 e. The summed E-state index contributed by atoms with van der Waals surface area (Å²) >= 11 is 0. The predicted molar refractivity (Wildman–Crippen MR) is 73.0 cm³/mol. The summed E-state index contributed by atoms with van der Waals surface area (Å²) in [5.41, 5.74) is 1.67. The smallest absolute Gasteiger partial charge is 0.254 e. The molecule has 1 heterocycles. The van der Waals surface area contributed by atoms with E-state index in [1.54, 1.807) is 43.6 Å². The minimum absolute atomic E-state index is 0.0229. The Bertz CT molecular complexity index is 555. The molecule has 0 aliphatic rings. The Morgan fingerprint density at radius 2 is 2.00 bits per heavy atom. The molecule has 1 aromatic heterocycles. The van der Waals surface area contributed by atoms with Gasteiger partial charge in [-0.3, -0.25) is 9.78 Å². The first-order valence-corrected chi connectivity index (χ1v) is 5.99. The minimum atomic E-state index is -0.0229. The zero-order chi connectivity index (χ0) is 13.7. The number of amides is 1. The van der Waals surface area contributed by atoms with Crippen LogP contribution in [0.4, 0.5) is 0 Å². The van der Waals surface area contributed by atoms with E-state index in [-0.39, 0.29) is 5.91 Å². The van der Waals surface area contributed by atoms with E-state index in [1.165, 1.54) is 0 Å². The summed E-state index contributed by atoms with van der Waals surface area (Å²) in [5, 5.41) is 0. The molecule has 19 heavy (non-hydrogen) atoms. The number of rotatable bonds is 4. The number of methoxy groups -OCH3 is 1. The summed E-state index contributed by atoms with van der Waals surface area (Å²) in [6, 6.07) is 11.1. The quantitative estimate of drug-likeness (QED) is 0.843. The van der Waals surface area contributed by atoms with Crippen molar-refractivity contribution < 1.29 is 9.53 Å². The molecule has 0 unspecified atom stereocenters. The molecule has 0 aliphatic heterocycles. The molecule has 0 spiro atoms. The molecule has 0 bridgehead atoms. The van der Waals surface area contributed by atoms with Crippen molar-refractivity contribution in [3.8, 4) is 5.75 Å². The van der Waals surface area contributed by atoms with Gasteiger partial charge in [0.2, 0.25) is 0 Å². The van der Waals surface area contributed by atoms with Gasteiger partial charge in [0, 0.05) is 31.5 Å². The number of benzene rings is 1. The number of hydrogen-bond donors (Lipinski definition) is 0. The highest BCUT2D eigenvalue weighted by Gasteiger charge is 2.11. The Morgan fingerprint density at radius 1 is 1.26 bits per heavy atom. The first kappa shape index (κ1) is 13.1. The molecule has 0 radical (unpaired) electrons. The maximum Gasteiger partial charge on any atom is 0.254 e. The molecule has 98 valence electrons. The molecule has 4 heteroatoms. The van der Waals surface area contributed by atoms with Crippen molar-refractivity contribution in [2.45, 2.75) is 6.54 Å². The molecule has 0 atom stereocenters. The summed E-state index contributed by atoms with van der Waals surface area (Å²) in [6.45, 7) is 0.540. The van der Waals surface area contributed by atoms with E-state index < -0.39 is 0 Å². The highest BCUT2D eigenvalue weighted by molar-refractivity contribution is 5.93. The SMILES string of the molecule is COc1cccc(CN(C)C(=O)c2ccncc2)c1. The molecular formula is C15H16N2O2. The van der Waals surface area contributed by atoms with Crippen LogP contribution in [0.3, 0.4) is 0 Å². The third-order valence-electron chi connectivity index (χ3n) is 2.83. The van der Waals surface area contributed by atoms with E-state index in [2.05, 4.69) is 4.98 Å². The van der Waals surface area contributed by atoms with Crippen molar-refractivity contribution in [3.63, 3.8) is 0 Å². The maximum absolute atomic E-state index is 12.2. The van der Waals surface area contributed by atoms with Crippen LogP contribution < -0.4 is 4.74 Å².